The van der Waals surface area contributed by atoms with Crippen LogP contribution in [0.25, 0.3) is 11.1 Å². The summed E-state index contributed by atoms with van der Waals surface area (Å²) in [5.41, 5.74) is 15.9. The highest BCUT2D eigenvalue weighted by molar-refractivity contribution is 14.1. The van der Waals surface area contributed by atoms with Gasteiger partial charge in [0.2, 0.25) is 5.95 Å². The van der Waals surface area contributed by atoms with Crippen molar-refractivity contribution < 1.29 is 79.2 Å². The van der Waals surface area contributed by atoms with Gasteiger partial charge in [0.1, 0.15) is 29.1 Å². The Bertz CT molecular complexity index is 3620. The number of nitrogens with two attached hydrogens (primary N) is 2. The monoisotopic (exact) mass is 1790 g/mol. The van der Waals surface area contributed by atoms with Crippen LogP contribution in [0.15, 0.2) is 72.8 Å². The summed E-state index contributed by atoms with van der Waals surface area (Å²) >= 11 is 4.41. The van der Waals surface area contributed by atoms with E-state index in [0.29, 0.717) is 92.9 Å². The molecule has 602 valence electrons. The molecular formula is C73H106BClF7I2N13O10S. The lowest BCUT2D eigenvalue weighted by molar-refractivity contribution is -0.144. The van der Waals surface area contributed by atoms with Crippen molar-refractivity contribution in [3.05, 3.63) is 97.0 Å². The minimum atomic E-state index is -4.22. The van der Waals surface area contributed by atoms with Gasteiger partial charge in [-0.1, -0.05) is 17.7 Å². The first kappa shape index (κ1) is 91.6. The van der Waals surface area contributed by atoms with Gasteiger partial charge in [0.05, 0.1) is 55.9 Å². The van der Waals surface area contributed by atoms with E-state index in [1.807, 2.05) is 90.6 Å². The number of ether oxygens (including phenoxy) is 3. The van der Waals surface area contributed by atoms with Crippen LogP contribution in [-0.2, 0) is 23.5 Å². The van der Waals surface area contributed by atoms with Crippen LogP contribution in [-0.4, -0.2) is 211 Å². The maximum absolute atomic E-state index is 13.0. The Kier molecular flexibility index (Phi) is 35.7. The number of amides is 4. The maximum atomic E-state index is 13.0. The van der Waals surface area contributed by atoms with E-state index < -0.39 is 73.4 Å². The van der Waals surface area contributed by atoms with Crippen LogP contribution in [0.3, 0.4) is 0 Å². The molecule has 2 aromatic carbocycles. The third-order valence-electron chi connectivity index (χ3n) is 19.5. The number of anilines is 7. The molecule has 5 aromatic rings. The second-order valence-electron chi connectivity index (χ2n) is 28.8. The van der Waals surface area contributed by atoms with Crippen molar-refractivity contribution in [3.63, 3.8) is 0 Å². The number of pyridine rings is 3. The molecule has 23 nitrogen and oxygen atoms in total. The molecule has 11 N–H and O–H groups in total. The predicted octanol–water partition coefficient (Wildman–Crippen LogP) is 12.6. The molecule has 8 heterocycles. The van der Waals surface area contributed by atoms with Gasteiger partial charge in [0.25, 0.3) is 0 Å². The van der Waals surface area contributed by atoms with Gasteiger partial charge < -0.3 is 91.2 Å². The van der Waals surface area contributed by atoms with E-state index in [-0.39, 0.29) is 63.3 Å². The highest BCUT2D eigenvalue weighted by atomic mass is 127. The largest absolute Gasteiger partial charge is 0.495 e. The number of benzene rings is 2. The van der Waals surface area contributed by atoms with Gasteiger partial charge in [-0.05, 0) is 241 Å². The molecule has 8 aliphatic rings. The molecule has 3 aliphatic carbocycles. The van der Waals surface area contributed by atoms with Gasteiger partial charge in [-0.2, -0.15) is 44.2 Å². The summed E-state index contributed by atoms with van der Waals surface area (Å²) in [5.74, 6) is 2.06. The number of halogens is 10. The van der Waals surface area contributed by atoms with Crippen molar-refractivity contribution in [2.24, 2.45) is 17.6 Å². The second kappa shape index (κ2) is 42.0. The first-order valence-electron chi connectivity index (χ1n) is 36.2. The Morgan fingerprint density at radius 1 is 0.620 bits per heavy atom. The molecule has 3 saturated carbocycles. The van der Waals surface area contributed by atoms with Crippen LogP contribution in [0.2, 0.25) is 0 Å². The number of aryl methyl sites for hydroxylation is 2. The Labute approximate surface area is 669 Å². The number of aliphatic hydroxyl groups excluding tert-OH is 3. The number of hydrogen-bond donors (Lipinski definition) is 9. The lowest BCUT2D eigenvalue weighted by Crippen LogP contribution is -2.41. The molecule has 3 aromatic heterocycles. The number of urea groups is 2. The van der Waals surface area contributed by atoms with Crippen molar-refractivity contribution in [1.29, 1.82) is 0 Å². The van der Waals surface area contributed by atoms with Gasteiger partial charge in [-0.3, -0.25) is 0 Å². The van der Waals surface area contributed by atoms with Gasteiger partial charge >= 0.3 is 31.5 Å². The van der Waals surface area contributed by atoms with Crippen molar-refractivity contribution in [1.82, 2.24) is 24.8 Å². The highest BCUT2D eigenvalue weighted by Crippen LogP contribution is 2.39. The summed E-state index contributed by atoms with van der Waals surface area (Å²) in [6.45, 7) is 24.5. The van der Waals surface area contributed by atoms with Crippen LogP contribution in [0, 0.1) is 38.8 Å². The summed E-state index contributed by atoms with van der Waals surface area (Å²) in [5, 5.41) is 39.6. The zero-order chi connectivity index (χ0) is 77.3. The van der Waals surface area contributed by atoms with E-state index in [9.17, 15) is 50.5 Å². The lowest BCUT2D eigenvalue weighted by atomic mass is 9.76. The van der Waals surface area contributed by atoms with Crippen molar-refractivity contribution in [2.45, 2.75) is 180 Å². The summed E-state index contributed by atoms with van der Waals surface area (Å²) in [6, 6.07) is 22.0. The van der Waals surface area contributed by atoms with Crippen molar-refractivity contribution in [3.8, 4) is 11.1 Å². The zero-order valence-electron chi connectivity index (χ0n) is 62.4. The van der Waals surface area contributed by atoms with Crippen LogP contribution in [0.4, 0.5) is 80.8 Å². The number of rotatable bonds is 14. The summed E-state index contributed by atoms with van der Waals surface area (Å²) in [6.07, 6.45) is -5.38. The minimum absolute atomic E-state index is 0. The van der Waals surface area contributed by atoms with E-state index >= 15 is 0 Å². The summed E-state index contributed by atoms with van der Waals surface area (Å²) in [4.78, 5) is 45.2. The van der Waals surface area contributed by atoms with Crippen LogP contribution in [0.5, 0.6) is 0 Å². The number of carbonyl (C=O) groups excluding carboxylic acids is 2. The van der Waals surface area contributed by atoms with Crippen molar-refractivity contribution >= 4 is 136 Å². The third kappa shape index (κ3) is 29.1. The van der Waals surface area contributed by atoms with Gasteiger partial charge in [0, 0.05) is 121 Å². The third-order valence-corrected chi connectivity index (χ3v) is 20.8. The fourth-order valence-electron chi connectivity index (χ4n) is 12.7. The molecule has 13 rings (SSSR count). The SMILES string of the molecule is CCOCC.Cc1ccc(NC(=O)N2CC[C@@H](CC(F)(F)F)C2)cc1-c1cc(N)nc(NC2CC(O)C2)c1.Cc1ccc(NC(=O)N2CC[C@@H](CC(F)(F)F)C2)cc1B1OC(C)(C)C(C)(C)O1.Cl.Fc1cc(I)cc(N2CCOCC2)n1.NC1CC(O)C1.OC1CC(Nc2cc(I)cc(N3CCOCC3)n2)C1.S. The normalized spacial score (nSPS) is 23.1. The fourth-order valence-corrected chi connectivity index (χ4v) is 13.9. The number of morpholine rings is 2. The van der Waals surface area contributed by atoms with Crippen molar-refractivity contribution in [2.75, 3.05) is 129 Å². The number of nitrogen functional groups attached to an aromatic ring is 1. The second-order valence-corrected chi connectivity index (χ2v) is 31.3. The van der Waals surface area contributed by atoms with E-state index in [2.05, 4.69) is 98.4 Å². The first-order valence-corrected chi connectivity index (χ1v) is 38.3. The van der Waals surface area contributed by atoms with Gasteiger partial charge in [0.15, 0.2) is 0 Å². The molecule has 35 heteroatoms. The van der Waals surface area contributed by atoms with Crippen LogP contribution < -0.4 is 48.0 Å². The first-order chi connectivity index (χ1) is 50.0. The van der Waals surface area contributed by atoms with E-state index in [1.54, 1.807) is 24.3 Å². The van der Waals surface area contributed by atoms with Crippen LogP contribution >= 0.6 is 71.1 Å². The fraction of sp³-hybridized carbons (Fsp3) is 0.603. The Morgan fingerprint density at radius 3 is 1.47 bits per heavy atom. The standard InChI is InChI=1S/C23H28F3N5O2.C20H28BF3N2O3.C13H18IN3O2.C9H10FIN2O.C4H9NO.C4H10O.ClH.H2S/c1-13-2-3-16(29-22(33)31-5-4-14(12-31)11-23(24,25)26)10-19(13)15-6-20(27)30-21(7-15)28-17-8-18(32)9-17;1-13-6-7-15(10-16(13)21-28-18(2,3)19(4,5)29-21)25-17(27)26-9-8-14(12-26)11-20(22,23)24;14-9-5-12(15-10-7-11(18)8-10)16-13(6-9)17-1-3-19-4-2-17;10-8-5-7(11)6-9(12-8)13-1-3-14-4-2-13;5-3-1-4(6)2-3;1-3-5-4-2;;/h2-3,6-7,10,14,17-18,32H,4-5,8-9,11-12H2,1H3,(H,29,33)(H3,27,28,30);6-7,10,14H,8-9,11-12H2,1-5H3,(H,25,27);5-6,10-11,18H,1-4,7-8H2,(H,15,16);5-6H,1-4H2;3-4,6H,1-2,5H2;3-4H2,1-2H3;1H;1H2/t14-,17?,18?;14-;;;;;;/m00....../s1. The average molecular weight is 1790 g/mol. The number of carbonyl (C=O) groups is 2. The summed E-state index contributed by atoms with van der Waals surface area (Å²) in [7, 11) is -0.556. The van der Waals surface area contributed by atoms with Gasteiger partial charge in [-0.15, -0.1) is 12.4 Å². The molecule has 4 amide bonds. The number of aromatic nitrogens is 3. The Hall–Kier alpha value is -5.26. The highest BCUT2D eigenvalue weighted by Gasteiger charge is 2.52. The molecule has 0 radical (unpaired) electrons. The van der Waals surface area contributed by atoms with Gasteiger partial charge in [-0.25, -0.2) is 24.5 Å². The average Bonchev–Trinajstić information content (AvgIpc) is 1.61. The van der Waals surface area contributed by atoms with Crippen LogP contribution in [0.1, 0.15) is 117 Å². The maximum Gasteiger partial charge on any atom is 0.495 e. The molecule has 5 aliphatic heterocycles. The number of nitrogens with zero attached hydrogens (tertiary/aromatic N) is 7. The topological polar surface area (TPSA) is 293 Å². The molecule has 0 bridgehead atoms. The quantitative estimate of drug-likeness (QED) is 0.0216. The molecule has 108 heavy (non-hydrogen) atoms. The molecule has 0 spiro atoms. The van der Waals surface area contributed by atoms with E-state index in [0.717, 1.165) is 121 Å². The molecule has 5 saturated heterocycles. The smallest absolute Gasteiger partial charge is 0.399 e. The number of likely N-dealkylation sites (tertiary alicyclic amines) is 2. The molecular weight excluding hydrogens is 1680 g/mol. The Morgan fingerprint density at radius 2 is 1.06 bits per heavy atom. The minimum Gasteiger partial charge on any atom is -0.399 e. The predicted molar refractivity (Wildman–Crippen MR) is 433 cm³/mol. The molecule has 0 unspecified atom stereocenters. The number of alkyl halides is 6. The Balaban J connectivity index is 0.000000220. The number of nitrogens with one attached hydrogen (secondary N) is 4. The molecule has 8 fully saturated rings. The van der Waals surface area contributed by atoms with E-state index in [1.165, 1.54) is 19.4 Å². The van der Waals surface area contributed by atoms with E-state index in [4.69, 9.17) is 40.1 Å². The molecule has 2 atom stereocenters. The number of aliphatic hydroxyl groups is 3. The zero-order valence-corrected chi connectivity index (χ0v) is 68.5. The number of hydrogen-bond acceptors (Lipinski definition) is 19. The lowest BCUT2D eigenvalue weighted by Gasteiger charge is -2.33. The summed E-state index contributed by atoms with van der Waals surface area (Å²) < 4.78 is 118.